The first-order valence-corrected chi connectivity index (χ1v) is 7.11. The number of amides is 1. The van der Waals surface area contributed by atoms with E-state index in [0.29, 0.717) is 12.2 Å². The van der Waals surface area contributed by atoms with Gasteiger partial charge in [-0.05, 0) is 51.7 Å². The van der Waals surface area contributed by atoms with Crippen molar-refractivity contribution in [3.05, 3.63) is 52.6 Å². The van der Waals surface area contributed by atoms with E-state index in [-0.39, 0.29) is 11.8 Å². The molecule has 104 valence electrons. The van der Waals surface area contributed by atoms with Gasteiger partial charge in [0.05, 0.1) is 4.47 Å². The molecule has 0 spiro atoms. The number of pyridine rings is 1. The predicted octanol–water partition coefficient (Wildman–Crippen LogP) is 3.56. The number of carbonyl (C=O) groups excluding carboxylic acids is 1. The van der Waals surface area contributed by atoms with Gasteiger partial charge in [-0.25, -0.2) is 4.98 Å². The highest BCUT2D eigenvalue weighted by Gasteiger charge is 2.12. The lowest BCUT2D eigenvalue weighted by molar-refractivity contribution is -0.116. The molecule has 3 N–H and O–H groups in total. The Balaban J connectivity index is 1.98. The molecule has 1 aromatic carbocycles. The minimum Gasteiger partial charge on any atom is -0.399 e. The number of anilines is 2. The van der Waals surface area contributed by atoms with E-state index < -0.39 is 0 Å². The van der Waals surface area contributed by atoms with Crippen LogP contribution >= 0.6 is 15.9 Å². The number of hydrogen-bond acceptors (Lipinski definition) is 3. The van der Waals surface area contributed by atoms with Gasteiger partial charge in [0.2, 0.25) is 5.91 Å². The van der Waals surface area contributed by atoms with E-state index in [0.717, 1.165) is 15.7 Å². The predicted molar refractivity (Wildman–Crippen MR) is 84.5 cm³/mol. The van der Waals surface area contributed by atoms with Gasteiger partial charge in [-0.2, -0.15) is 0 Å². The second kappa shape index (κ2) is 6.52. The average molecular weight is 334 g/mol. The second-order valence-electron chi connectivity index (χ2n) is 4.65. The van der Waals surface area contributed by atoms with Crippen molar-refractivity contribution in [1.29, 1.82) is 0 Å². The van der Waals surface area contributed by atoms with Crippen LogP contribution in [0.4, 0.5) is 11.5 Å². The quantitative estimate of drug-likeness (QED) is 0.840. The molecule has 5 heteroatoms. The van der Waals surface area contributed by atoms with Crippen LogP contribution in [0.5, 0.6) is 0 Å². The minimum atomic E-state index is -0.0614. The standard InChI is InChI=1S/C15H16BrN3O/c1-10(11-4-6-12(17)7-5-11)9-14(20)19-15-13(16)3-2-8-18-15/h2-8,10H,9,17H2,1H3,(H,18,19,20). The molecular weight excluding hydrogens is 318 g/mol. The van der Waals surface area contributed by atoms with Crippen molar-refractivity contribution < 1.29 is 4.79 Å². The molecule has 0 saturated carbocycles. The number of benzene rings is 1. The fourth-order valence-electron chi connectivity index (χ4n) is 1.88. The molecule has 4 nitrogen and oxygen atoms in total. The Labute approximate surface area is 126 Å². The van der Waals surface area contributed by atoms with Crippen LogP contribution in [0.1, 0.15) is 24.8 Å². The molecule has 1 heterocycles. The molecule has 0 aliphatic heterocycles. The van der Waals surface area contributed by atoms with E-state index in [1.807, 2.05) is 37.3 Å². The molecule has 2 aromatic rings. The zero-order valence-electron chi connectivity index (χ0n) is 11.1. The molecule has 1 amide bonds. The molecule has 1 unspecified atom stereocenters. The SMILES string of the molecule is CC(CC(=O)Nc1ncccc1Br)c1ccc(N)cc1. The Kier molecular flexibility index (Phi) is 4.74. The summed E-state index contributed by atoms with van der Waals surface area (Å²) in [5.41, 5.74) is 7.47. The van der Waals surface area contributed by atoms with Crippen LogP contribution in [0.2, 0.25) is 0 Å². The second-order valence-corrected chi connectivity index (χ2v) is 5.51. The van der Waals surface area contributed by atoms with Crippen LogP contribution in [0.3, 0.4) is 0 Å². The lowest BCUT2D eigenvalue weighted by atomic mass is 9.97. The van der Waals surface area contributed by atoms with Crippen molar-refractivity contribution in [2.45, 2.75) is 19.3 Å². The maximum atomic E-state index is 12.0. The molecular formula is C15H16BrN3O. The molecule has 0 aliphatic rings. The molecule has 0 saturated heterocycles. The van der Waals surface area contributed by atoms with Crippen molar-refractivity contribution in [2.24, 2.45) is 0 Å². The van der Waals surface area contributed by atoms with Crippen LogP contribution < -0.4 is 11.1 Å². The van der Waals surface area contributed by atoms with E-state index in [1.54, 1.807) is 12.3 Å². The van der Waals surface area contributed by atoms with E-state index in [1.165, 1.54) is 0 Å². The summed E-state index contributed by atoms with van der Waals surface area (Å²) in [6.07, 6.45) is 2.04. The van der Waals surface area contributed by atoms with E-state index >= 15 is 0 Å². The summed E-state index contributed by atoms with van der Waals surface area (Å²) in [5, 5.41) is 2.80. The van der Waals surface area contributed by atoms with Gasteiger partial charge < -0.3 is 11.1 Å². The maximum absolute atomic E-state index is 12.0. The topological polar surface area (TPSA) is 68.0 Å². The summed E-state index contributed by atoms with van der Waals surface area (Å²) in [4.78, 5) is 16.1. The molecule has 20 heavy (non-hydrogen) atoms. The molecule has 0 bridgehead atoms. The first kappa shape index (κ1) is 14.5. The fourth-order valence-corrected chi connectivity index (χ4v) is 2.24. The number of nitrogens with one attached hydrogen (secondary N) is 1. The molecule has 0 aliphatic carbocycles. The van der Waals surface area contributed by atoms with Gasteiger partial charge in [0, 0.05) is 18.3 Å². The Morgan fingerprint density at radius 3 is 2.70 bits per heavy atom. The Morgan fingerprint density at radius 1 is 1.35 bits per heavy atom. The van der Waals surface area contributed by atoms with Crippen molar-refractivity contribution in [3.63, 3.8) is 0 Å². The summed E-state index contributed by atoms with van der Waals surface area (Å²) in [6, 6.07) is 11.2. The third kappa shape index (κ3) is 3.81. The number of carbonyl (C=O) groups is 1. The van der Waals surface area contributed by atoms with Gasteiger partial charge in [0.15, 0.2) is 0 Å². The highest BCUT2D eigenvalue weighted by Crippen LogP contribution is 2.22. The number of hydrogen-bond donors (Lipinski definition) is 2. The van der Waals surface area contributed by atoms with Gasteiger partial charge in [-0.15, -0.1) is 0 Å². The van der Waals surface area contributed by atoms with Crippen LogP contribution in [-0.4, -0.2) is 10.9 Å². The van der Waals surface area contributed by atoms with Gasteiger partial charge in [-0.1, -0.05) is 19.1 Å². The average Bonchev–Trinajstić information content (AvgIpc) is 2.42. The monoisotopic (exact) mass is 333 g/mol. The van der Waals surface area contributed by atoms with E-state index in [4.69, 9.17) is 5.73 Å². The van der Waals surface area contributed by atoms with Crippen LogP contribution in [0, 0.1) is 0 Å². The summed E-state index contributed by atoms with van der Waals surface area (Å²) >= 11 is 3.35. The summed E-state index contributed by atoms with van der Waals surface area (Å²) in [6.45, 7) is 2.01. The van der Waals surface area contributed by atoms with Crippen LogP contribution in [0.15, 0.2) is 47.1 Å². The molecule has 1 aromatic heterocycles. The highest BCUT2D eigenvalue weighted by molar-refractivity contribution is 9.10. The third-order valence-corrected chi connectivity index (χ3v) is 3.65. The Hall–Kier alpha value is -1.88. The van der Waals surface area contributed by atoms with Gasteiger partial charge in [-0.3, -0.25) is 4.79 Å². The van der Waals surface area contributed by atoms with Crippen LogP contribution in [0.25, 0.3) is 0 Å². The molecule has 0 radical (unpaired) electrons. The summed E-state index contributed by atoms with van der Waals surface area (Å²) < 4.78 is 0.772. The van der Waals surface area contributed by atoms with Gasteiger partial charge in [0.1, 0.15) is 5.82 Å². The zero-order chi connectivity index (χ0) is 14.5. The number of nitrogen functional groups attached to an aromatic ring is 1. The summed E-state index contributed by atoms with van der Waals surface area (Å²) in [5.74, 6) is 0.605. The largest absolute Gasteiger partial charge is 0.399 e. The lowest BCUT2D eigenvalue weighted by Gasteiger charge is -2.12. The third-order valence-electron chi connectivity index (χ3n) is 3.01. The van der Waals surface area contributed by atoms with Crippen molar-refractivity contribution in [2.75, 3.05) is 11.1 Å². The number of aromatic nitrogens is 1. The van der Waals surface area contributed by atoms with E-state index in [2.05, 4.69) is 26.2 Å². The number of nitrogens with zero attached hydrogens (tertiary/aromatic N) is 1. The molecule has 0 fully saturated rings. The summed E-state index contributed by atoms with van der Waals surface area (Å²) in [7, 11) is 0. The van der Waals surface area contributed by atoms with Gasteiger partial charge >= 0.3 is 0 Å². The zero-order valence-corrected chi connectivity index (χ0v) is 12.7. The first-order valence-electron chi connectivity index (χ1n) is 6.32. The molecule has 2 rings (SSSR count). The van der Waals surface area contributed by atoms with Crippen LogP contribution in [-0.2, 0) is 4.79 Å². The van der Waals surface area contributed by atoms with Crippen molar-refractivity contribution >= 4 is 33.3 Å². The number of halogens is 1. The minimum absolute atomic E-state index is 0.0614. The Bertz CT molecular complexity index is 598. The van der Waals surface area contributed by atoms with Gasteiger partial charge in [0.25, 0.3) is 0 Å². The maximum Gasteiger partial charge on any atom is 0.226 e. The fraction of sp³-hybridized carbons (Fsp3) is 0.200. The number of nitrogens with two attached hydrogens (primary N) is 1. The highest BCUT2D eigenvalue weighted by atomic mass is 79.9. The van der Waals surface area contributed by atoms with Crippen molar-refractivity contribution in [1.82, 2.24) is 4.98 Å². The Morgan fingerprint density at radius 2 is 2.05 bits per heavy atom. The van der Waals surface area contributed by atoms with Crippen molar-refractivity contribution in [3.8, 4) is 0 Å². The molecule has 1 atom stereocenters. The number of rotatable bonds is 4. The lowest BCUT2D eigenvalue weighted by Crippen LogP contribution is -2.15. The smallest absolute Gasteiger partial charge is 0.226 e. The normalized spacial score (nSPS) is 11.9. The first-order chi connectivity index (χ1) is 9.56. The van der Waals surface area contributed by atoms with E-state index in [9.17, 15) is 4.79 Å².